The highest BCUT2D eigenvalue weighted by atomic mass is 16.4. The highest BCUT2D eigenvalue weighted by Crippen LogP contribution is 2.29. The van der Waals surface area contributed by atoms with Crippen LogP contribution in [0, 0.1) is 6.92 Å². The lowest BCUT2D eigenvalue weighted by Gasteiger charge is -2.33. The van der Waals surface area contributed by atoms with E-state index in [-0.39, 0.29) is 17.3 Å². The lowest BCUT2D eigenvalue weighted by Crippen LogP contribution is -2.41. The van der Waals surface area contributed by atoms with Crippen molar-refractivity contribution in [3.63, 3.8) is 0 Å². The van der Waals surface area contributed by atoms with Crippen molar-refractivity contribution in [2.24, 2.45) is 0 Å². The average molecular weight is 385 g/mol. The molecule has 150 valence electrons. The number of aromatic carboxylic acids is 1. The van der Waals surface area contributed by atoms with Gasteiger partial charge in [0.25, 0.3) is 5.56 Å². The van der Waals surface area contributed by atoms with Crippen LogP contribution in [0.4, 0.5) is 0 Å². The molecule has 2 N–H and O–H groups in total. The van der Waals surface area contributed by atoms with E-state index in [1.165, 1.54) is 0 Å². The van der Waals surface area contributed by atoms with E-state index in [0.717, 1.165) is 67.8 Å². The third kappa shape index (κ3) is 3.37. The maximum absolute atomic E-state index is 12.3. The second kappa shape index (κ2) is 7.50. The Balaban J connectivity index is 1.56. The molecule has 2 aromatic rings. The van der Waals surface area contributed by atoms with E-state index in [0.29, 0.717) is 18.7 Å². The molecule has 28 heavy (non-hydrogen) atoms. The van der Waals surface area contributed by atoms with Crippen molar-refractivity contribution >= 4 is 5.97 Å². The highest BCUT2D eigenvalue weighted by molar-refractivity contribution is 5.87. The summed E-state index contributed by atoms with van der Waals surface area (Å²) >= 11 is 0. The van der Waals surface area contributed by atoms with Gasteiger partial charge in [-0.2, -0.15) is 5.10 Å². The molecule has 1 aliphatic carbocycles. The first kappa shape index (κ1) is 18.9. The summed E-state index contributed by atoms with van der Waals surface area (Å²) in [5, 5.41) is 14.0. The van der Waals surface area contributed by atoms with Gasteiger partial charge in [0, 0.05) is 48.9 Å². The van der Waals surface area contributed by atoms with E-state index >= 15 is 0 Å². The number of H-pyrrole nitrogens is 1. The first-order valence-electron chi connectivity index (χ1n) is 10.1. The quantitative estimate of drug-likeness (QED) is 0.823. The fraction of sp³-hybridized carbons (Fsp3) is 0.600. The molecule has 3 heterocycles. The number of nitrogens with one attached hydrogen (secondary N) is 1. The van der Waals surface area contributed by atoms with Gasteiger partial charge in [-0.15, -0.1) is 0 Å². The van der Waals surface area contributed by atoms with E-state index < -0.39 is 5.97 Å². The van der Waals surface area contributed by atoms with Crippen LogP contribution in [0.5, 0.6) is 0 Å². The minimum atomic E-state index is -0.943. The smallest absolute Gasteiger partial charge is 0.356 e. The number of aromatic nitrogens is 4. The molecule has 0 radical (unpaired) electrons. The Kier molecular flexibility index (Phi) is 5.05. The van der Waals surface area contributed by atoms with Crippen LogP contribution in [0.2, 0.25) is 0 Å². The van der Waals surface area contributed by atoms with Gasteiger partial charge in [-0.25, -0.2) is 9.78 Å². The van der Waals surface area contributed by atoms with Crippen molar-refractivity contribution in [3.8, 4) is 0 Å². The fourth-order valence-electron chi connectivity index (χ4n) is 4.66. The molecule has 0 amide bonds. The van der Waals surface area contributed by atoms with Gasteiger partial charge in [-0.05, 0) is 39.0 Å². The summed E-state index contributed by atoms with van der Waals surface area (Å²) in [5.41, 5.74) is 3.87. The van der Waals surface area contributed by atoms with Crippen LogP contribution < -0.4 is 5.56 Å². The zero-order valence-electron chi connectivity index (χ0n) is 16.5. The molecule has 0 aromatic carbocycles. The van der Waals surface area contributed by atoms with Gasteiger partial charge in [-0.3, -0.25) is 14.4 Å². The van der Waals surface area contributed by atoms with Gasteiger partial charge >= 0.3 is 5.97 Å². The summed E-state index contributed by atoms with van der Waals surface area (Å²) in [6.45, 7) is 6.29. The molecule has 8 nitrogen and oxygen atoms in total. The molecular formula is C20H27N5O3. The summed E-state index contributed by atoms with van der Waals surface area (Å²) < 4.78 is 1.89. The van der Waals surface area contributed by atoms with E-state index in [9.17, 15) is 14.7 Å². The predicted molar refractivity (Wildman–Crippen MR) is 104 cm³/mol. The molecule has 0 saturated carbocycles. The van der Waals surface area contributed by atoms with E-state index in [1.807, 2.05) is 11.6 Å². The van der Waals surface area contributed by atoms with E-state index in [2.05, 4.69) is 26.9 Å². The number of hydrogen-bond donors (Lipinski definition) is 2. The Bertz CT molecular complexity index is 961. The predicted octanol–water partition coefficient (Wildman–Crippen LogP) is 1.34. The van der Waals surface area contributed by atoms with Crippen molar-refractivity contribution in [1.82, 2.24) is 24.6 Å². The molecule has 1 atom stereocenters. The summed E-state index contributed by atoms with van der Waals surface area (Å²) in [6, 6.07) is 0.277. The molecule has 2 aromatic heterocycles. The SMILES string of the molecule is CCCn1nc(C(=O)O)c2c1CC[C@H](N1CCc3nc(C)[nH]c(=O)c3CC1)C2. The molecule has 0 spiro atoms. The van der Waals surface area contributed by atoms with E-state index in [1.54, 1.807) is 0 Å². The minimum absolute atomic E-state index is 0.0238. The van der Waals surface area contributed by atoms with Crippen molar-refractivity contribution in [2.75, 3.05) is 13.1 Å². The van der Waals surface area contributed by atoms with E-state index in [4.69, 9.17) is 0 Å². The van der Waals surface area contributed by atoms with Gasteiger partial charge < -0.3 is 10.1 Å². The second-order valence-corrected chi connectivity index (χ2v) is 7.81. The number of rotatable bonds is 4. The van der Waals surface area contributed by atoms with Crippen LogP contribution in [0.15, 0.2) is 4.79 Å². The first-order valence-corrected chi connectivity index (χ1v) is 10.1. The number of carboxylic acid groups (broad SMARTS) is 1. The first-order chi connectivity index (χ1) is 13.5. The van der Waals surface area contributed by atoms with Gasteiger partial charge in [0.05, 0.1) is 5.69 Å². The zero-order valence-corrected chi connectivity index (χ0v) is 16.5. The van der Waals surface area contributed by atoms with Crippen molar-refractivity contribution in [3.05, 3.63) is 44.4 Å². The monoisotopic (exact) mass is 385 g/mol. The average Bonchev–Trinajstić information content (AvgIpc) is 2.87. The highest BCUT2D eigenvalue weighted by Gasteiger charge is 2.32. The number of carboxylic acids is 1. The molecule has 8 heteroatoms. The van der Waals surface area contributed by atoms with Gasteiger partial charge in [-0.1, -0.05) is 6.92 Å². The number of carbonyl (C=O) groups is 1. The number of hydrogen-bond acceptors (Lipinski definition) is 5. The number of nitrogens with zero attached hydrogens (tertiary/aromatic N) is 4. The van der Waals surface area contributed by atoms with Crippen molar-refractivity contribution in [2.45, 2.75) is 65.0 Å². The zero-order chi connectivity index (χ0) is 19.8. The Labute approximate surface area is 163 Å². The molecule has 0 fully saturated rings. The number of aryl methyl sites for hydroxylation is 2. The van der Waals surface area contributed by atoms with Crippen LogP contribution in [-0.2, 0) is 32.2 Å². The fourth-order valence-corrected chi connectivity index (χ4v) is 4.66. The maximum Gasteiger partial charge on any atom is 0.356 e. The summed E-state index contributed by atoms with van der Waals surface area (Å²) in [7, 11) is 0. The largest absolute Gasteiger partial charge is 0.476 e. The standard InChI is InChI=1S/C20H27N5O3/c1-3-8-25-17-5-4-13(11-15(17)18(23-25)20(27)28)24-9-6-14-16(7-10-24)21-12(2)22-19(14)26/h13H,3-11H2,1-2H3,(H,27,28)(H,21,22,26)/t13-/m0/s1. The molecular weight excluding hydrogens is 358 g/mol. The lowest BCUT2D eigenvalue weighted by atomic mass is 9.90. The lowest BCUT2D eigenvalue weighted by molar-refractivity contribution is 0.0687. The van der Waals surface area contributed by atoms with Gasteiger partial charge in [0.15, 0.2) is 5.69 Å². The maximum atomic E-state index is 12.3. The topological polar surface area (TPSA) is 104 Å². The van der Waals surface area contributed by atoms with Crippen LogP contribution in [0.3, 0.4) is 0 Å². The molecule has 0 saturated heterocycles. The Morgan fingerprint density at radius 3 is 2.79 bits per heavy atom. The van der Waals surface area contributed by atoms with Crippen LogP contribution >= 0.6 is 0 Å². The number of aromatic amines is 1. The molecule has 1 aliphatic heterocycles. The third-order valence-electron chi connectivity index (χ3n) is 5.98. The third-order valence-corrected chi connectivity index (χ3v) is 5.98. The van der Waals surface area contributed by atoms with Crippen LogP contribution in [-0.4, -0.2) is 54.9 Å². The van der Waals surface area contributed by atoms with Gasteiger partial charge in [0.2, 0.25) is 0 Å². The normalized spacial score (nSPS) is 19.7. The van der Waals surface area contributed by atoms with Gasteiger partial charge in [0.1, 0.15) is 5.82 Å². The van der Waals surface area contributed by atoms with Crippen molar-refractivity contribution < 1.29 is 9.90 Å². The molecule has 0 unspecified atom stereocenters. The Morgan fingerprint density at radius 1 is 1.25 bits per heavy atom. The number of fused-ring (bicyclic) bond motifs is 2. The van der Waals surface area contributed by atoms with Crippen LogP contribution in [0.1, 0.15) is 58.6 Å². The summed E-state index contributed by atoms with van der Waals surface area (Å²) in [5.74, 6) is -0.282. The minimum Gasteiger partial charge on any atom is -0.476 e. The molecule has 2 aliphatic rings. The second-order valence-electron chi connectivity index (χ2n) is 7.81. The summed E-state index contributed by atoms with van der Waals surface area (Å²) in [4.78, 5) is 33.7. The van der Waals surface area contributed by atoms with Crippen molar-refractivity contribution in [1.29, 1.82) is 0 Å². The summed E-state index contributed by atoms with van der Waals surface area (Å²) in [6.07, 6.45) is 4.91. The molecule has 0 bridgehead atoms. The Morgan fingerprint density at radius 2 is 2.04 bits per heavy atom. The Hall–Kier alpha value is -2.48. The molecule has 4 rings (SSSR count). The van der Waals surface area contributed by atoms with Crippen LogP contribution in [0.25, 0.3) is 0 Å².